The highest BCUT2D eigenvalue weighted by atomic mass is 16.5. The molecule has 1 rings (SSSR count). The van der Waals surface area contributed by atoms with Crippen molar-refractivity contribution >= 4 is 0 Å². The van der Waals surface area contributed by atoms with E-state index >= 15 is 0 Å². The quantitative estimate of drug-likeness (QED) is 0.640. The molecule has 0 aromatic rings. The summed E-state index contributed by atoms with van der Waals surface area (Å²) in [6, 6.07) is 0.620. The summed E-state index contributed by atoms with van der Waals surface area (Å²) < 4.78 is 5.31. The molecule has 0 heterocycles. The van der Waals surface area contributed by atoms with Gasteiger partial charge in [0.15, 0.2) is 0 Å². The molecule has 1 N–H and O–H groups in total. The van der Waals surface area contributed by atoms with Gasteiger partial charge in [0.25, 0.3) is 0 Å². The lowest BCUT2D eigenvalue weighted by Crippen LogP contribution is -2.36. The van der Waals surface area contributed by atoms with Crippen LogP contribution in [-0.4, -0.2) is 25.8 Å². The van der Waals surface area contributed by atoms with Gasteiger partial charge in [-0.05, 0) is 25.8 Å². The van der Waals surface area contributed by atoms with E-state index in [0.717, 1.165) is 6.54 Å². The molecule has 0 amide bonds. The molecule has 1 saturated carbocycles. The van der Waals surface area contributed by atoms with Crippen LogP contribution in [0.1, 0.15) is 26.2 Å². The van der Waals surface area contributed by atoms with E-state index < -0.39 is 0 Å². The Hall–Kier alpha value is -0.0800. The molecule has 60 valence electrons. The van der Waals surface area contributed by atoms with Crippen LogP contribution in [0.3, 0.4) is 0 Å². The molecule has 2 nitrogen and oxygen atoms in total. The number of hydrogen-bond acceptors (Lipinski definition) is 2. The van der Waals surface area contributed by atoms with Gasteiger partial charge in [-0.2, -0.15) is 0 Å². The lowest BCUT2D eigenvalue weighted by atomic mass is 10.2. The van der Waals surface area contributed by atoms with E-state index in [1.54, 1.807) is 7.11 Å². The topological polar surface area (TPSA) is 21.3 Å². The Bertz CT molecular complexity index is 95.3. The SMILES string of the molecule is CCN[C@H]1CCC[C@@H]1OC. The first-order valence-electron chi connectivity index (χ1n) is 4.14. The highest BCUT2D eigenvalue weighted by Crippen LogP contribution is 2.20. The van der Waals surface area contributed by atoms with Crippen molar-refractivity contribution in [3.8, 4) is 0 Å². The van der Waals surface area contributed by atoms with Crippen molar-refractivity contribution in [2.45, 2.75) is 38.3 Å². The summed E-state index contributed by atoms with van der Waals surface area (Å²) in [6.45, 7) is 3.20. The Morgan fingerprint density at radius 2 is 2.30 bits per heavy atom. The van der Waals surface area contributed by atoms with Crippen LogP contribution in [0.4, 0.5) is 0 Å². The van der Waals surface area contributed by atoms with Crippen LogP contribution < -0.4 is 5.32 Å². The summed E-state index contributed by atoms with van der Waals surface area (Å²) >= 11 is 0. The highest BCUT2D eigenvalue weighted by molar-refractivity contribution is 4.83. The molecule has 2 atom stereocenters. The molecule has 0 saturated heterocycles. The Balaban J connectivity index is 2.27. The fourth-order valence-corrected chi connectivity index (χ4v) is 1.70. The molecule has 0 spiro atoms. The lowest BCUT2D eigenvalue weighted by Gasteiger charge is -2.18. The van der Waals surface area contributed by atoms with Gasteiger partial charge in [-0.1, -0.05) is 6.92 Å². The smallest absolute Gasteiger partial charge is 0.0724 e. The van der Waals surface area contributed by atoms with Gasteiger partial charge in [0, 0.05) is 13.2 Å². The largest absolute Gasteiger partial charge is 0.380 e. The van der Waals surface area contributed by atoms with Crippen molar-refractivity contribution in [3.63, 3.8) is 0 Å². The average Bonchev–Trinajstić information content (AvgIpc) is 2.36. The Kier molecular flexibility index (Phi) is 3.16. The summed E-state index contributed by atoms with van der Waals surface area (Å²) in [6.07, 6.45) is 4.30. The predicted octanol–water partition coefficient (Wildman–Crippen LogP) is 1.16. The summed E-state index contributed by atoms with van der Waals surface area (Å²) in [5, 5.41) is 3.42. The van der Waals surface area contributed by atoms with Gasteiger partial charge in [-0.25, -0.2) is 0 Å². The fourth-order valence-electron chi connectivity index (χ4n) is 1.70. The molecule has 1 fully saturated rings. The van der Waals surface area contributed by atoms with Crippen LogP contribution in [0.5, 0.6) is 0 Å². The fraction of sp³-hybridized carbons (Fsp3) is 1.00. The second-order valence-electron chi connectivity index (χ2n) is 2.87. The molecule has 0 radical (unpaired) electrons. The van der Waals surface area contributed by atoms with Crippen LogP contribution >= 0.6 is 0 Å². The molecular formula is C8H17NO. The third kappa shape index (κ3) is 1.70. The molecule has 1 aliphatic carbocycles. The van der Waals surface area contributed by atoms with Crippen molar-refractivity contribution < 1.29 is 4.74 Å². The Morgan fingerprint density at radius 1 is 1.50 bits per heavy atom. The highest BCUT2D eigenvalue weighted by Gasteiger charge is 2.25. The van der Waals surface area contributed by atoms with E-state index in [4.69, 9.17) is 4.74 Å². The van der Waals surface area contributed by atoms with Crippen molar-refractivity contribution in [2.24, 2.45) is 0 Å². The van der Waals surface area contributed by atoms with Gasteiger partial charge in [0.1, 0.15) is 0 Å². The summed E-state index contributed by atoms with van der Waals surface area (Å²) in [5.74, 6) is 0. The van der Waals surface area contributed by atoms with Crippen molar-refractivity contribution in [2.75, 3.05) is 13.7 Å². The molecule has 0 unspecified atom stereocenters. The molecule has 1 aliphatic rings. The number of nitrogens with one attached hydrogen (secondary N) is 1. The standard InChI is InChI=1S/C8H17NO/c1-3-9-7-5-4-6-8(7)10-2/h7-9H,3-6H2,1-2H3/t7-,8-/m0/s1. The van der Waals surface area contributed by atoms with Gasteiger partial charge >= 0.3 is 0 Å². The zero-order valence-corrected chi connectivity index (χ0v) is 6.89. The Labute approximate surface area is 63.0 Å². The van der Waals surface area contributed by atoms with E-state index in [0.29, 0.717) is 12.1 Å². The van der Waals surface area contributed by atoms with Crippen molar-refractivity contribution in [1.29, 1.82) is 0 Å². The number of methoxy groups -OCH3 is 1. The second-order valence-corrected chi connectivity index (χ2v) is 2.87. The second kappa shape index (κ2) is 3.94. The van der Waals surface area contributed by atoms with Crippen molar-refractivity contribution in [1.82, 2.24) is 5.32 Å². The van der Waals surface area contributed by atoms with E-state index in [1.807, 2.05) is 0 Å². The molecule has 0 bridgehead atoms. The third-order valence-corrected chi connectivity index (χ3v) is 2.22. The van der Waals surface area contributed by atoms with E-state index in [-0.39, 0.29) is 0 Å². The summed E-state index contributed by atoms with van der Waals surface area (Å²) in [4.78, 5) is 0. The van der Waals surface area contributed by atoms with Gasteiger partial charge in [-0.15, -0.1) is 0 Å². The number of ether oxygens (including phenoxy) is 1. The molecule has 10 heavy (non-hydrogen) atoms. The minimum absolute atomic E-state index is 0.472. The first kappa shape index (κ1) is 8.02. The minimum Gasteiger partial charge on any atom is -0.380 e. The van der Waals surface area contributed by atoms with Crippen LogP contribution in [0.15, 0.2) is 0 Å². The minimum atomic E-state index is 0.472. The van der Waals surface area contributed by atoms with E-state index in [9.17, 15) is 0 Å². The summed E-state index contributed by atoms with van der Waals surface area (Å²) in [5.41, 5.74) is 0. The van der Waals surface area contributed by atoms with Gasteiger partial charge in [0.05, 0.1) is 6.10 Å². The molecule has 0 aromatic heterocycles. The average molecular weight is 143 g/mol. The molecule has 2 heteroatoms. The zero-order chi connectivity index (χ0) is 7.40. The predicted molar refractivity (Wildman–Crippen MR) is 42.1 cm³/mol. The number of rotatable bonds is 3. The van der Waals surface area contributed by atoms with Crippen LogP contribution in [0.25, 0.3) is 0 Å². The molecule has 0 aromatic carbocycles. The van der Waals surface area contributed by atoms with Crippen LogP contribution in [-0.2, 0) is 4.74 Å². The maximum absolute atomic E-state index is 5.31. The summed E-state index contributed by atoms with van der Waals surface area (Å²) in [7, 11) is 1.81. The third-order valence-electron chi connectivity index (χ3n) is 2.22. The van der Waals surface area contributed by atoms with Crippen molar-refractivity contribution in [3.05, 3.63) is 0 Å². The first-order chi connectivity index (χ1) is 4.88. The molecular weight excluding hydrogens is 126 g/mol. The maximum Gasteiger partial charge on any atom is 0.0724 e. The zero-order valence-electron chi connectivity index (χ0n) is 6.89. The van der Waals surface area contributed by atoms with E-state index in [2.05, 4.69) is 12.2 Å². The lowest BCUT2D eigenvalue weighted by molar-refractivity contribution is 0.0858. The normalized spacial score (nSPS) is 33.0. The van der Waals surface area contributed by atoms with Crippen LogP contribution in [0, 0.1) is 0 Å². The van der Waals surface area contributed by atoms with E-state index in [1.165, 1.54) is 19.3 Å². The van der Waals surface area contributed by atoms with Gasteiger partial charge in [0.2, 0.25) is 0 Å². The van der Waals surface area contributed by atoms with Gasteiger partial charge in [-0.3, -0.25) is 0 Å². The number of likely N-dealkylation sites (N-methyl/N-ethyl adjacent to an activating group) is 1. The first-order valence-corrected chi connectivity index (χ1v) is 4.14. The van der Waals surface area contributed by atoms with Crippen LogP contribution in [0.2, 0.25) is 0 Å². The monoisotopic (exact) mass is 143 g/mol. The maximum atomic E-state index is 5.31. The number of hydrogen-bond donors (Lipinski definition) is 1. The Morgan fingerprint density at radius 3 is 2.90 bits per heavy atom. The molecule has 0 aliphatic heterocycles. The van der Waals surface area contributed by atoms with Gasteiger partial charge < -0.3 is 10.1 Å².